The Kier molecular flexibility index (Phi) is 3.18. The second-order valence-corrected chi connectivity index (χ2v) is 7.01. The van der Waals surface area contributed by atoms with Crippen LogP contribution in [-0.2, 0) is 13.6 Å². The first-order valence-electron chi connectivity index (χ1n) is 8.65. The molecule has 0 spiro atoms. The normalized spacial score (nSPS) is 23.0. The minimum Gasteiger partial charge on any atom is -0.336 e. The molecule has 2 atom stereocenters. The topological polar surface area (TPSA) is 70.1 Å². The van der Waals surface area contributed by atoms with E-state index in [9.17, 15) is 4.79 Å². The number of aryl methyl sites for hydroxylation is 1. The van der Waals surface area contributed by atoms with E-state index in [0.717, 1.165) is 26.1 Å². The molecule has 2 saturated heterocycles. The lowest BCUT2D eigenvalue weighted by atomic mass is 10.2. The number of rotatable bonds is 3. The van der Waals surface area contributed by atoms with Crippen molar-refractivity contribution >= 4 is 17.0 Å². The highest BCUT2D eigenvalue weighted by Gasteiger charge is 2.44. The minimum atomic E-state index is -0.114. The zero-order valence-corrected chi connectivity index (χ0v) is 14.1. The Bertz CT molecular complexity index is 978. The number of H-pyrrole nitrogens is 1. The summed E-state index contributed by atoms with van der Waals surface area (Å²) in [7, 11) is 1.82. The zero-order valence-electron chi connectivity index (χ0n) is 14.1. The van der Waals surface area contributed by atoms with Crippen molar-refractivity contribution in [2.75, 3.05) is 18.0 Å². The molecule has 2 aliphatic rings. The van der Waals surface area contributed by atoms with Crippen LogP contribution < -0.4 is 10.5 Å². The molecule has 7 heteroatoms. The van der Waals surface area contributed by atoms with Crippen molar-refractivity contribution in [3.05, 3.63) is 52.4 Å². The molecular formula is C18H20N6O. The highest BCUT2D eigenvalue weighted by atomic mass is 16.1. The average Bonchev–Trinajstić information content (AvgIpc) is 3.30. The van der Waals surface area contributed by atoms with Crippen LogP contribution in [0.15, 0.2) is 41.3 Å². The largest absolute Gasteiger partial charge is 0.336 e. The summed E-state index contributed by atoms with van der Waals surface area (Å²) in [6.45, 7) is 2.90. The average molecular weight is 336 g/mol. The Labute approximate surface area is 144 Å². The molecule has 3 aromatic rings. The summed E-state index contributed by atoms with van der Waals surface area (Å²) < 4.78 is 1.66. The molecule has 7 nitrogen and oxygen atoms in total. The first kappa shape index (κ1) is 14.7. The Morgan fingerprint density at radius 3 is 2.80 bits per heavy atom. The van der Waals surface area contributed by atoms with Crippen molar-refractivity contribution in [2.24, 2.45) is 7.05 Å². The molecule has 0 unspecified atom stereocenters. The molecule has 0 saturated carbocycles. The van der Waals surface area contributed by atoms with Crippen LogP contribution in [0, 0.1) is 0 Å². The predicted octanol–water partition coefficient (Wildman–Crippen LogP) is 1.12. The van der Waals surface area contributed by atoms with Gasteiger partial charge in [0.25, 0.3) is 5.56 Å². The third-order valence-corrected chi connectivity index (χ3v) is 5.44. The monoisotopic (exact) mass is 336 g/mol. The lowest BCUT2D eigenvalue weighted by Gasteiger charge is -2.34. The maximum atomic E-state index is 12.3. The maximum absolute atomic E-state index is 12.3. The van der Waals surface area contributed by atoms with Gasteiger partial charge in [-0.25, -0.2) is 0 Å². The summed E-state index contributed by atoms with van der Waals surface area (Å²) in [5.41, 5.74) is 1.88. The zero-order chi connectivity index (χ0) is 17.0. The number of nitrogens with zero attached hydrogens (tertiary/aromatic N) is 5. The van der Waals surface area contributed by atoms with Crippen LogP contribution in [0.2, 0.25) is 0 Å². The van der Waals surface area contributed by atoms with Crippen LogP contribution in [0.4, 0.5) is 5.95 Å². The molecule has 2 aromatic heterocycles. The molecule has 0 radical (unpaired) electrons. The second-order valence-electron chi connectivity index (χ2n) is 7.01. The maximum Gasteiger partial charge on any atom is 0.263 e. The molecule has 2 fully saturated rings. The Morgan fingerprint density at radius 2 is 2.04 bits per heavy atom. The van der Waals surface area contributed by atoms with Gasteiger partial charge in [-0.3, -0.25) is 19.4 Å². The first-order valence-corrected chi connectivity index (χ1v) is 8.65. The van der Waals surface area contributed by atoms with Gasteiger partial charge < -0.3 is 4.90 Å². The molecule has 128 valence electrons. The fraction of sp³-hybridized carbons (Fsp3) is 0.389. The van der Waals surface area contributed by atoms with Gasteiger partial charge in [-0.2, -0.15) is 10.1 Å². The molecule has 1 aromatic carbocycles. The number of likely N-dealkylation sites (tertiary alicyclic amines) is 1. The minimum absolute atomic E-state index is 0.114. The third kappa shape index (κ3) is 2.34. The number of aromatic nitrogens is 4. The van der Waals surface area contributed by atoms with Gasteiger partial charge in [-0.15, -0.1) is 0 Å². The van der Waals surface area contributed by atoms with Crippen molar-refractivity contribution in [1.82, 2.24) is 24.6 Å². The van der Waals surface area contributed by atoms with Gasteiger partial charge in [0.2, 0.25) is 5.95 Å². The van der Waals surface area contributed by atoms with Gasteiger partial charge in [0.1, 0.15) is 5.39 Å². The molecule has 0 aliphatic carbocycles. The van der Waals surface area contributed by atoms with Gasteiger partial charge in [0.15, 0.2) is 5.65 Å². The summed E-state index contributed by atoms with van der Waals surface area (Å²) in [5, 5.41) is 4.68. The summed E-state index contributed by atoms with van der Waals surface area (Å²) in [6, 6.07) is 11.5. The number of aromatic amines is 1. The molecule has 4 heterocycles. The standard InChI is InChI=1S/C18H20N6O/c1-22-16-15(8-19-22)17(25)21-18(20-16)24-11-13-7-14(24)10-23(13)9-12-5-3-2-4-6-12/h2-6,8,13-14H,7,9-11H2,1H3,(H,20,21,25)/t13-,14+/m1/s1. The van der Waals surface area contributed by atoms with Crippen molar-refractivity contribution in [3.63, 3.8) is 0 Å². The number of hydrogen-bond donors (Lipinski definition) is 1. The molecule has 2 aliphatic heterocycles. The van der Waals surface area contributed by atoms with E-state index in [0.29, 0.717) is 29.1 Å². The Morgan fingerprint density at radius 1 is 1.20 bits per heavy atom. The van der Waals surface area contributed by atoms with Gasteiger partial charge in [0.05, 0.1) is 6.20 Å². The highest BCUT2D eigenvalue weighted by Crippen LogP contribution is 2.33. The van der Waals surface area contributed by atoms with E-state index in [4.69, 9.17) is 0 Å². The van der Waals surface area contributed by atoms with Gasteiger partial charge in [-0.1, -0.05) is 30.3 Å². The Hall–Kier alpha value is -2.67. The van der Waals surface area contributed by atoms with Gasteiger partial charge in [-0.05, 0) is 12.0 Å². The summed E-state index contributed by atoms with van der Waals surface area (Å²) >= 11 is 0. The van der Waals surface area contributed by atoms with Crippen molar-refractivity contribution in [3.8, 4) is 0 Å². The Balaban J connectivity index is 1.39. The SMILES string of the molecule is Cn1ncc2c(=O)[nH]c(N3C[C@H]4C[C@H]3CN4Cc3ccccc3)nc21. The van der Waals surface area contributed by atoms with Crippen LogP contribution in [0.1, 0.15) is 12.0 Å². The fourth-order valence-corrected chi connectivity index (χ4v) is 4.18. The lowest BCUT2D eigenvalue weighted by Crippen LogP contribution is -2.47. The van der Waals surface area contributed by atoms with Crippen molar-refractivity contribution < 1.29 is 0 Å². The van der Waals surface area contributed by atoms with Crippen molar-refractivity contribution in [1.29, 1.82) is 0 Å². The van der Waals surface area contributed by atoms with E-state index in [1.807, 2.05) is 7.05 Å². The quantitative estimate of drug-likeness (QED) is 0.776. The highest BCUT2D eigenvalue weighted by molar-refractivity contribution is 5.74. The van der Waals surface area contributed by atoms with Crippen LogP contribution in [-0.4, -0.2) is 49.8 Å². The molecule has 0 amide bonds. The fourth-order valence-electron chi connectivity index (χ4n) is 4.18. The van der Waals surface area contributed by atoms with E-state index >= 15 is 0 Å². The molecule has 25 heavy (non-hydrogen) atoms. The van der Waals surface area contributed by atoms with Crippen molar-refractivity contribution in [2.45, 2.75) is 25.0 Å². The molecule has 2 bridgehead atoms. The van der Waals surface area contributed by atoms with E-state index < -0.39 is 0 Å². The van der Waals surface area contributed by atoms with E-state index in [2.05, 4.69) is 55.2 Å². The van der Waals surface area contributed by atoms with E-state index in [1.54, 1.807) is 10.9 Å². The summed E-state index contributed by atoms with van der Waals surface area (Å²) in [4.78, 5) is 24.7. The van der Waals surface area contributed by atoms with Crippen LogP contribution in [0.3, 0.4) is 0 Å². The molecule has 1 N–H and O–H groups in total. The number of anilines is 1. The first-order chi connectivity index (χ1) is 12.2. The van der Waals surface area contributed by atoms with Gasteiger partial charge >= 0.3 is 0 Å². The summed E-state index contributed by atoms with van der Waals surface area (Å²) in [5.74, 6) is 0.674. The number of nitrogens with one attached hydrogen (secondary N) is 1. The van der Waals surface area contributed by atoms with E-state index in [1.165, 1.54) is 5.56 Å². The van der Waals surface area contributed by atoms with Crippen LogP contribution in [0.5, 0.6) is 0 Å². The smallest absolute Gasteiger partial charge is 0.263 e. The number of piperazine rings is 1. The lowest BCUT2D eigenvalue weighted by molar-refractivity contribution is 0.229. The van der Waals surface area contributed by atoms with Gasteiger partial charge in [0, 0.05) is 38.8 Å². The number of benzene rings is 1. The second kappa shape index (κ2) is 5.42. The third-order valence-electron chi connectivity index (χ3n) is 5.44. The predicted molar refractivity (Wildman–Crippen MR) is 95.5 cm³/mol. The summed E-state index contributed by atoms with van der Waals surface area (Å²) in [6.07, 6.45) is 2.70. The van der Waals surface area contributed by atoms with Crippen LogP contribution in [0.25, 0.3) is 11.0 Å². The van der Waals surface area contributed by atoms with E-state index in [-0.39, 0.29) is 5.56 Å². The molecular weight excluding hydrogens is 316 g/mol. The van der Waals surface area contributed by atoms with Crippen LogP contribution >= 0.6 is 0 Å². The molecule has 5 rings (SSSR count). The number of fused-ring (bicyclic) bond motifs is 3. The number of hydrogen-bond acceptors (Lipinski definition) is 5.